The van der Waals surface area contributed by atoms with Gasteiger partial charge in [-0.1, -0.05) is 48.2 Å². The van der Waals surface area contributed by atoms with E-state index >= 15 is 0 Å². The summed E-state index contributed by atoms with van der Waals surface area (Å²) in [6.07, 6.45) is 3.48. The predicted molar refractivity (Wildman–Crippen MR) is 114 cm³/mol. The van der Waals surface area contributed by atoms with Crippen LogP contribution < -0.4 is 0 Å². The fourth-order valence-corrected chi connectivity index (χ4v) is 5.54. The average Bonchev–Trinajstić information content (AvgIpc) is 2.72. The minimum atomic E-state index is -3.85. The van der Waals surface area contributed by atoms with Crippen molar-refractivity contribution in [3.63, 3.8) is 0 Å². The molecule has 0 amide bonds. The van der Waals surface area contributed by atoms with Gasteiger partial charge in [0, 0.05) is 0 Å². The molecule has 3 rings (SSSR count). The Morgan fingerprint density at radius 1 is 0.667 bits per heavy atom. The smallest absolute Gasteiger partial charge is 0.266 e. The second-order valence-corrected chi connectivity index (χ2v) is 11.1. The van der Waals surface area contributed by atoms with E-state index in [1.807, 2.05) is 13.8 Å². The molecule has 2 aromatic rings. The Bertz CT molecular complexity index is 954. The number of aryl methyl sites for hydroxylation is 2. The van der Waals surface area contributed by atoms with E-state index in [0.717, 1.165) is 36.8 Å². The number of hydrogen-bond donors (Lipinski definition) is 0. The lowest BCUT2D eigenvalue weighted by Gasteiger charge is -2.30. The first kappa shape index (κ1) is 22.9. The van der Waals surface area contributed by atoms with Crippen LogP contribution in [0.25, 0.3) is 0 Å². The van der Waals surface area contributed by atoms with Crippen molar-refractivity contribution in [3.8, 4) is 0 Å². The number of benzene rings is 2. The van der Waals surface area contributed by atoms with Gasteiger partial charge in [-0.05, 0) is 62.8 Å². The molecule has 6 nitrogen and oxygen atoms in total. The lowest BCUT2D eigenvalue weighted by molar-refractivity contribution is 0.110. The predicted octanol–water partition coefficient (Wildman–Crippen LogP) is 4.22. The van der Waals surface area contributed by atoms with Gasteiger partial charge >= 0.3 is 0 Å². The van der Waals surface area contributed by atoms with E-state index in [1.165, 1.54) is 24.3 Å². The molecule has 8 heteroatoms. The maximum Gasteiger partial charge on any atom is 0.296 e. The van der Waals surface area contributed by atoms with Crippen molar-refractivity contribution in [3.05, 3.63) is 59.7 Å². The van der Waals surface area contributed by atoms with E-state index in [0.29, 0.717) is 0 Å². The normalized spacial score (nSPS) is 20.2. The first-order valence-electron chi connectivity index (χ1n) is 10.1. The molecule has 0 unspecified atom stereocenters. The molecular formula is C22H28O6S2. The maximum atomic E-state index is 12.5. The van der Waals surface area contributed by atoms with Crippen LogP contribution in [-0.4, -0.2) is 30.0 Å². The molecule has 2 atom stereocenters. The second kappa shape index (κ2) is 9.60. The van der Waals surface area contributed by atoms with Gasteiger partial charge in [0.05, 0.1) is 23.0 Å². The number of hydrogen-bond acceptors (Lipinski definition) is 6. The zero-order chi connectivity index (χ0) is 21.8. The fourth-order valence-electron chi connectivity index (χ4n) is 3.62. The van der Waals surface area contributed by atoms with Crippen molar-refractivity contribution in [1.29, 1.82) is 0 Å². The summed E-state index contributed by atoms with van der Waals surface area (Å²) >= 11 is 0. The highest BCUT2D eigenvalue weighted by molar-refractivity contribution is 7.87. The van der Waals surface area contributed by atoms with Gasteiger partial charge in [-0.25, -0.2) is 0 Å². The molecular weight excluding hydrogens is 424 g/mol. The molecule has 0 N–H and O–H groups in total. The molecule has 0 saturated heterocycles. The summed E-state index contributed by atoms with van der Waals surface area (Å²) < 4.78 is 60.5. The lowest BCUT2D eigenvalue weighted by atomic mass is 9.80. The van der Waals surface area contributed by atoms with Crippen molar-refractivity contribution >= 4 is 20.2 Å². The molecule has 1 aliphatic carbocycles. The van der Waals surface area contributed by atoms with Crippen LogP contribution in [0.3, 0.4) is 0 Å². The maximum absolute atomic E-state index is 12.5. The third-order valence-electron chi connectivity index (χ3n) is 5.56. The molecule has 0 radical (unpaired) electrons. The molecule has 0 spiro atoms. The zero-order valence-electron chi connectivity index (χ0n) is 17.3. The van der Waals surface area contributed by atoms with Crippen LogP contribution in [-0.2, 0) is 28.6 Å². The van der Waals surface area contributed by atoms with Crippen molar-refractivity contribution in [2.45, 2.75) is 49.3 Å². The van der Waals surface area contributed by atoms with Crippen molar-refractivity contribution in [2.24, 2.45) is 11.8 Å². The van der Waals surface area contributed by atoms with Crippen molar-refractivity contribution in [1.82, 2.24) is 0 Å². The molecule has 0 bridgehead atoms. The molecule has 2 aromatic carbocycles. The molecule has 0 heterocycles. The highest BCUT2D eigenvalue weighted by atomic mass is 32.2. The van der Waals surface area contributed by atoms with Crippen LogP contribution in [0.15, 0.2) is 58.3 Å². The van der Waals surface area contributed by atoms with E-state index in [-0.39, 0.29) is 34.8 Å². The highest BCUT2D eigenvalue weighted by Gasteiger charge is 2.30. The zero-order valence-corrected chi connectivity index (χ0v) is 18.9. The molecule has 0 aromatic heterocycles. The van der Waals surface area contributed by atoms with Crippen LogP contribution in [0.5, 0.6) is 0 Å². The van der Waals surface area contributed by atoms with Crippen molar-refractivity contribution in [2.75, 3.05) is 13.2 Å². The van der Waals surface area contributed by atoms with Gasteiger partial charge in [-0.15, -0.1) is 0 Å². The second-order valence-electron chi connectivity index (χ2n) is 7.91. The summed E-state index contributed by atoms with van der Waals surface area (Å²) in [7, 11) is -7.70. The Kier molecular flexibility index (Phi) is 7.34. The van der Waals surface area contributed by atoms with Crippen LogP contribution in [0.4, 0.5) is 0 Å². The minimum Gasteiger partial charge on any atom is -0.266 e. The van der Waals surface area contributed by atoms with E-state index in [2.05, 4.69) is 0 Å². The van der Waals surface area contributed by atoms with Crippen LogP contribution >= 0.6 is 0 Å². The first-order chi connectivity index (χ1) is 14.2. The number of rotatable bonds is 8. The Labute approximate surface area is 179 Å². The molecule has 164 valence electrons. The van der Waals surface area contributed by atoms with Crippen LogP contribution in [0, 0.1) is 25.7 Å². The summed E-state index contributed by atoms with van der Waals surface area (Å²) in [5, 5.41) is 0. The van der Waals surface area contributed by atoms with E-state index < -0.39 is 20.2 Å². The summed E-state index contributed by atoms with van der Waals surface area (Å²) in [6.45, 7) is 3.81. The molecule has 1 fully saturated rings. The Morgan fingerprint density at radius 3 is 1.33 bits per heavy atom. The highest BCUT2D eigenvalue weighted by Crippen LogP contribution is 2.32. The molecule has 0 aliphatic heterocycles. The molecule has 1 aliphatic rings. The van der Waals surface area contributed by atoms with Gasteiger partial charge in [0.1, 0.15) is 0 Å². The Hall–Kier alpha value is -1.74. The standard InChI is InChI=1S/C22H28O6S2/c1-17-7-11-21(12-8-17)29(23,24)27-15-19-5-3-4-6-20(19)16-28-30(25,26)22-13-9-18(2)10-14-22/h7-14,19-20H,3-6,15-16H2,1-2H3/t19-,20-/m0/s1. The molecule has 30 heavy (non-hydrogen) atoms. The Balaban J connectivity index is 1.62. The van der Waals surface area contributed by atoms with Gasteiger partial charge in [0.2, 0.25) is 0 Å². The summed E-state index contributed by atoms with van der Waals surface area (Å²) in [5.41, 5.74) is 1.93. The fraction of sp³-hybridized carbons (Fsp3) is 0.455. The monoisotopic (exact) mass is 452 g/mol. The topological polar surface area (TPSA) is 86.7 Å². The SMILES string of the molecule is Cc1ccc(S(=O)(=O)OC[C@@H]2CCCC[C@H]2COS(=O)(=O)c2ccc(C)cc2)cc1. The van der Waals surface area contributed by atoms with E-state index in [1.54, 1.807) is 24.3 Å². The summed E-state index contributed by atoms with van der Waals surface area (Å²) in [4.78, 5) is 0.248. The van der Waals surface area contributed by atoms with Gasteiger partial charge in [0.25, 0.3) is 20.2 Å². The third kappa shape index (κ3) is 5.91. The van der Waals surface area contributed by atoms with Gasteiger partial charge in [-0.2, -0.15) is 16.8 Å². The van der Waals surface area contributed by atoms with E-state index in [9.17, 15) is 16.8 Å². The minimum absolute atomic E-state index is 0.0226. The summed E-state index contributed by atoms with van der Waals surface area (Å²) in [5.74, 6) is -0.153. The van der Waals surface area contributed by atoms with Crippen LogP contribution in [0.1, 0.15) is 36.8 Å². The van der Waals surface area contributed by atoms with E-state index in [4.69, 9.17) is 8.37 Å². The largest absolute Gasteiger partial charge is 0.296 e. The third-order valence-corrected chi connectivity index (χ3v) is 8.15. The molecule has 1 saturated carbocycles. The lowest BCUT2D eigenvalue weighted by Crippen LogP contribution is -2.29. The van der Waals surface area contributed by atoms with Gasteiger partial charge < -0.3 is 0 Å². The quantitative estimate of drug-likeness (QED) is 0.558. The Morgan fingerprint density at radius 2 is 1.00 bits per heavy atom. The van der Waals surface area contributed by atoms with Gasteiger partial charge in [0.15, 0.2) is 0 Å². The average molecular weight is 453 g/mol. The van der Waals surface area contributed by atoms with Crippen LogP contribution in [0.2, 0.25) is 0 Å². The van der Waals surface area contributed by atoms with Crippen molar-refractivity contribution < 1.29 is 25.2 Å². The summed E-state index contributed by atoms with van der Waals surface area (Å²) in [6, 6.07) is 13.0. The first-order valence-corrected chi connectivity index (χ1v) is 12.9. The van der Waals surface area contributed by atoms with Gasteiger partial charge in [-0.3, -0.25) is 8.37 Å².